The van der Waals surface area contributed by atoms with E-state index in [0.29, 0.717) is 23.0 Å². The van der Waals surface area contributed by atoms with Crippen LogP contribution >= 0.6 is 23.1 Å². The largest absolute Gasteiger partial charge is 0.462 e. The Labute approximate surface area is 199 Å². The molecule has 0 bridgehead atoms. The van der Waals surface area contributed by atoms with Gasteiger partial charge in [0.2, 0.25) is 5.91 Å². The minimum absolute atomic E-state index is 0.120. The summed E-state index contributed by atoms with van der Waals surface area (Å²) in [4.78, 5) is 25.9. The number of esters is 1. The number of thioether (sulfide) groups is 1. The Kier molecular flexibility index (Phi) is 7.54. The van der Waals surface area contributed by atoms with Crippen molar-refractivity contribution in [3.8, 4) is 10.7 Å². The topological polar surface area (TPSA) is 86.1 Å². The third kappa shape index (κ3) is 5.68. The maximum atomic E-state index is 12.7. The van der Waals surface area contributed by atoms with Gasteiger partial charge in [0.1, 0.15) is 0 Å². The molecule has 0 atom stereocenters. The Morgan fingerprint density at radius 2 is 1.82 bits per heavy atom. The number of thiophene rings is 1. The molecule has 2 heterocycles. The van der Waals surface area contributed by atoms with Gasteiger partial charge in [-0.05, 0) is 36.1 Å². The number of carbonyl (C=O) groups excluding carboxylic acids is 2. The van der Waals surface area contributed by atoms with E-state index in [-0.39, 0.29) is 18.3 Å². The quantitative estimate of drug-likeness (QED) is 0.270. The van der Waals surface area contributed by atoms with Gasteiger partial charge in [0.05, 0.1) is 35.0 Å². The van der Waals surface area contributed by atoms with Crippen LogP contribution in [0.4, 0.5) is 5.69 Å². The van der Waals surface area contributed by atoms with E-state index in [9.17, 15) is 9.59 Å². The summed E-state index contributed by atoms with van der Waals surface area (Å²) in [5.74, 6) is 0.173. The summed E-state index contributed by atoms with van der Waals surface area (Å²) < 4.78 is 7.09. The number of para-hydroxylation sites is 1. The summed E-state index contributed by atoms with van der Waals surface area (Å²) >= 11 is 2.89. The van der Waals surface area contributed by atoms with Gasteiger partial charge in [0.25, 0.3) is 0 Å². The smallest absolute Gasteiger partial charge is 0.340 e. The molecule has 2 aromatic heterocycles. The van der Waals surface area contributed by atoms with E-state index in [2.05, 4.69) is 15.5 Å². The van der Waals surface area contributed by atoms with Gasteiger partial charge in [-0.15, -0.1) is 21.5 Å². The molecule has 0 fully saturated rings. The third-order valence-electron chi connectivity index (χ3n) is 4.67. The molecule has 33 heavy (non-hydrogen) atoms. The molecular formula is C24H22N4O3S2. The third-order valence-corrected chi connectivity index (χ3v) is 6.50. The molecular weight excluding hydrogens is 456 g/mol. The zero-order valence-electron chi connectivity index (χ0n) is 17.9. The van der Waals surface area contributed by atoms with Crippen molar-refractivity contribution in [1.82, 2.24) is 14.8 Å². The number of ether oxygens (including phenoxy) is 1. The Hall–Kier alpha value is -3.43. The molecule has 0 aliphatic carbocycles. The molecule has 168 valence electrons. The van der Waals surface area contributed by atoms with Gasteiger partial charge in [-0.2, -0.15) is 0 Å². The number of nitrogens with one attached hydrogen (secondary N) is 1. The SMILES string of the molecule is CCOC(=O)c1ccccc1NC(=O)CSc1nnc(-c2cccs2)n1Cc1ccccc1. The molecule has 2 aromatic carbocycles. The molecule has 0 spiro atoms. The number of rotatable bonds is 9. The lowest BCUT2D eigenvalue weighted by Gasteiger charge is -2.11. The van der Waals surface area contributed by atoms with Crippen molar-refractivity contribution in [2.75, 3.05) is 17.7 Å². The van der Waals surface area contributed by atoms with Gasteiger partial charge in [0.15, 0.2) is 11.0 Å². The zero-order valence-corrected chi connectivity index (χ0v) is 19.6. The lowest BCUT2D eigenvalue weighted by atomic mass is 10.2. The molecule has 0 radical (unpaired) electrons. The number of benzene rings is 2. The average Bonchev–Trinajstić information content (AvgIpc) is 3.49. The van der Waals surface area contributed by atoms with Gasteiger partial charge in [-0.1, -0.05) is 60.3 Å². The van der Waals surface area contributed by atoms with E-state index in [1.807, 2.05) is 52.4 Å². The highest BCUT2D eigenvalue weighted by atomic mass is 32.2. The van der Waals surface area contributed by atoms with Crippen molar-refractivity contribution in [3.63, 3.8) is 0 Å². The van der Waals surface area contributed by atoms with Crippen LogP contribution in [0, 0.1) is 0 Å². The van der Waals surface area contributed by atoms with Crippen LogP contribution < -0.4 is 5.32 Å². The second kappa shape index (κ2) is 10.9. The molecule has 0 aliphatic heterocycles. The first-order chi connectivity index (χ1) is 16.2. The second-order valence-corrected chi connectivity index (χ2v) is 8.85. The Morgan fingerprint density at radius 1 is 1.03 bits per heavy atom. The lowest BCUT2D eigenvalue weighted by Crippen LogP contribution is -2.18. The average molecular weight is 479 g/mol. The first-order valence-electron chi connectivity index (χ1n) is 10.4. The van der Waals surface area contributed by atoms with Crippen LogP contribution in [0.15, 0.2) is 77.3 Å². The normalized spacial score (nSPS) is 10.7. The molecule has 0 aliphatic rings. The van der Waals surface area contributed by atoms with E-state index in [1.54, 1.807) is 42.5 Å². The van der Waals surface area contributed by atoms with E-state index < -0.39 is 5.97 Å². The molecule has 1 amide bonds. The fourth-order valence-electron chi connectivity index (χ4n) is 3.19. The number of hydrogen-bond donors (Lipinski definition) is 1. The van der Waals surface area contributed by atoms with Crippen LogP contribution in [0.5, 0.6) is 0 Å². The van der Waals surface area contributed by atoms with E-state index in [0.717, 1.165) is 16.3 Å². The van der Waals surface area contributed by atoms with Crippen LogP contribution in [-0.2, 0) is 16.1 Å². The summed E-state index contributed by atoms with van der Waals surface area (Å²) in [6.45, 7) is 2.60. The monoisotopic (exact) mass is 478 g/mol. The number of aromatic nitrogens is 3. The minimum atomic E-state index is -0.468. The number of hydrogen-bond acceptors (Lipinski definition) is 7. The van der Waals surface area contributed by atoms with Crippen LogP contribution in [0.3, 0.4) is 0 Å². The van der Waals surface area contributed by atoms with Crippen molar-refractivity contribution in [2.24, 2.45) is 0 Å². The highest BCUT2D eigenvalue weighted by molar-refractivity contribution is 7.99. The van der Waals surface area contributed by atoms with Crippen LogP contribution in [-0.4, -0.2) is 39.0 Å². The Bertz CT molecular complexity index is 1220. The van der Waals surface area contributed by atoms with Gasteiger partial charge in [-0.25, -0.2) is 4.79 Å². The maximum absolute atomic E-state index is 12.7. The predicted molar refractivity (Wildman–Crippen MR) is 131 cm³/mol. The number of carbonyl (C=O) groups is 2. The van der Waals surface area contributed by atoms with Gasteiger partial charge in [-0.3, -0.25) is 9.36 Å². The van der Waals surface area contributed by atoms with Crippen LogP contribution in [0.1, 0.15) is 22.8 Å². The van der Waals surface area contributed by atoms with Gasteiger partial charge < -0.3 is 10.1 Å². The first kappa shape index (κ1) is 22.8. The molecule has 4 aromatic rings. The highest BCUT2D eigenvalue weighted by Gasteiger charge is 2.18. The molecule has 1 N–H and O–H groups in total. The van der Waals surface area contributed by atoms with E-state index in [4.69, 9.17) is 4.74 Å². The number of amides is 1. The minimum Gasteiger partial charge on any atom is -0.462 e. The Balaban J connectivity index is 1.50. The molecule has 7 nitrogen and oxygen atoms in total. The fraction of sp³-hybridized carbons (Fsp3) is 0.167. The van der Waals surface area contributed by atoms with Crippen molar-refractivity contribution < 1.29 is 14.3 Å². The number of nitrogens with zero attached hydrogens (tertiary/aromatic N) is 3. The molecule has 4 rings (SSSR count). The van der Waals surface area contributed by atoms with Crippen LogP contribution in [0.2, 0.25) is 0 Å². The van der Waals surface area contributed by atoms with E-state index >= 15 is 0 Å². The van der Waals surface area contributed by atoms with Crippen molar-refractivity contribution in [1.29, 1.82) is 0 Å². The van der Waals surface area contributed by atoms with E-state index in [1.165, 1.54) is 11.8 Å². The van der Waals surface area contributed by atoms with Crippen molar-refractivity contribution in [3.05, 3.63) is 83.2 Å². The predicted octanol–water partition coefficient (Wildman–Crippen LogP) is 4.96. The van der Waals surface area contributed by atoms with Crippen molar-refractivity contribution in [2.45, 2.75) is 18.6 Å². The highest BCUT2D eigenvalue weighted by Crippen LogP contribution is 2.28. The van der Waals surface area contributed by atoms with Crippen LogP contribution in [0.25, 0.3) is 10.7 Å². The molecule has 0 unspecified atom stereocenters. The summed E-state index contributed by atoms with van der Waals surface area (Å²) in [7, 11) is 0. The summed E-state index contributed by atoms with van der Waals surface area (Å²) in [5.41, 5.74) is 1.86. The molecule has 9 heteroatoms. The molecule has 0 saturated carbocycles. The van der Waals surface area contributed by atoms with Gasteiger partial charge >= 0.3 is 5.97 Å². The zero-order chi connectivity index (χ0) is 23.0. The van der Waals surface area contributed by atoms with Crippen molar-refractivity contribution >= 4 is 40.7 Å². The molecule has 0 saturated heterocycles. The maximum Gasteiger partial charge on any atom is 0.340 e. The summed E-state index contributed by atoms with van der Waals surface area (Å²) in [5, 5.41) is 14.2. The van der Waals surface area contributed by atoms with Gasteiger partial charge in [0, 0.05) is 0 Å². The first-order valence-corrected chi connectivity index (χ1v) is 12.2. The second-order valence-electron chi connectivity index (χ2n) is 6.96. The summed E-state index contributed by atoms with van der Waals surface area (Å²) in [6, 6.07) is 20.8. The standard InChI is InChI=1S/C24H22N4O3S2/c1-2-31-23(30)18-11-6-7-12-19(18)25-21(29)16-33-24-27-26-22(20-13-8-14-32-20)28(24)15-17-9-4-3-5-10-17/h3-14H,2,15-16H2,1H3,(H,25,29). The fourth-order valence-corrected chi connectivity index (χ4v) is 4.64. The number of anilines is 1. The summed E-state index contributed by atoms with van der Waals surface area (Å²) in [6.07, 6.45) is 0. The Morgan fingerprint density at radius 3 is 2.58 bits per heavy atom. The lowest BCUT2D eigenvalue weighted by molar-refractivity contribution is -0.113.